The molecule has 1 heterocycles. The molecule has 21 heavy (non-hydrogen) atoms. The van der Waals surface area contributed by atoms with Crippen molar-refractivity contribution >= 4 is 5.91 Å². The number of hydrogen-bond donors (Lipinski definition) is 2. The van der Waals surface area contributed by atoms with E-state index in [1.54, 1.807) is 12.4 Å². The van der Waals surface area contributed by atoms with E-state index in [9.17, 15) is 18.0 Å². The Hall–Kier alpha value is -1.53. The average molecular weight is 303 g/mol. The second-order valence-electron chi connectivity index (χ2n) is 5.52. The number of H-pyrrole nitrogens is 1. The van der Waals surface area contributed by atoms with Crippen LogP contribution in [-0.2, 0) is 11.2 Å². The van der Waals surface area contributed by atoms with Crippen LogP contribution in [0.5, 0.6) is 0 Å². The SMILES string of the molecule is O=C(NCCCc1ncc[nH]1)C1CCC(C(F)(F)F)CC1. The van der Waals surface area contributed by atoms with Crippen LogP contribution < -0.4 is 5.32 Å². The fourth-order valence-corrected chi connectivity index (χ4v) is 2.73. The Morgan fingerprint density at radius 1 is 1.33 bits per heavy atom. The highest BCUT2D eigenvalue weighted by atomic mass is 19.4. The normalized spacial score (nSPS) is 23.0. The van der Waals surface area contributed by atoms with Crippen LogP contribution in [0.3, 0.4) is 0 Å². The lowest BCUT2D eigenvalue weighted by Crippen LogP contribution is -2.36. The maximum Gasteiger partial charge on any atom is 0.391 e. The van der Waals surface area contributed by atoms with Crippen LogP contribution >= 0.6 is 0 Å². The Labute approximate surface area is 121 Å². The molecule has 0 unspecified atom stereocenters. The number of aromatic nitrogens is 2. The summed E-state index contributed by atoms with van der Waals surface area (Å²) in [6.07, 6.45) is 1.58. The van der Waals surface area contributed by atoms with E-state index >= 15 is 0 Å². The molecule has 1 aliphatic rings. The molecule has 1 aromatic rings. The number of amides is 1. The van der Waals surface area contributed by atoms with Crippen molar-refractivity contribution in [1.82, 2.24) is 15.3 Å². The first-order valence-corrected chi connectivity index (χ1v) is 7.29. The predicted molar refractivity (Wildman–Crippen MR) is 71.4 cm³/mol. The third-order valence-electron chi connectivity index (χ3n) is 4.01. The summed E-state index contributed by atoms with van der Waals surface area (Å²) >= 11 is 0. The van der Waals surface area contributed by atoms with E-state index in [1.165, 1.54) is 0 Å². The molecular weight excluding hydrogens is 283 g/mol. The number of rotatable bonds is 5. The summed E-state index contributed by atoms with van der Waals surface area (Å²) in [5, 5.41) is 2.81. The van der Waals surface area contributed by atoms with Gasteiger partial charge in [-0.2, -0.15) is 13.2 Å². The quantitative estimate of drug-likeness (QED) is 0.822. The molecule has 0 aromatic carbocycles. The molecule has 0 radical (unpaired) electrons. The monoisotopic (exact) mass is 303 g/mol. The lowest BCUT2D eigenvalue weighted by molar-refractivity contribution is -0.184. The van der Waals surface area contributed by atoms with Gasteiger partial charge in [-0.15, -0.1) is 0 Å². The molecule has 118 valence electrons. The molecular formula is C14H20F3N3O. The molecule has 1 fully saturated rings. The van der Waals surface area contributed by atoms with Gasteiger partial charge in [0.1, 0.15) is 5.82 Å². The van der Waals surface area contributed by atoms with Crippen molar-refractivity contribution in [2.24, 2.45) is 11.8 Å². The number of hydrogen-bond acceptors (Lipinski definition) is 2. The number of carbonyl (C=O) groups excluding carboxylic acids is 1. The van der Waals surface area contributed by atoms with Crippen LogP contribution in [0, 0.1) is 11.8 Å². The fourth-order valence-electron chi connectivity index (χ4n) is 2.73. The van der Waals surface area contributed by atoms with Crippen LogP contribution in [0.25, 0.3) is 0 Å². The number of nitrogens with zero attached hydrogens (tertiary/aromatic N) is 1. The highest BCUT2D eigenvalue weighted by molar-refractivity contribution is 5.78. The molecule has 0 aliphatic heterocycles. The first-order chi connectivity index (χ1) is 9.97. The van der Waals surface area contributed by atoms with Crippen molar-refractivity contribution < 1.29 is 18.0 Å². The number of imidazole rings is 1. The first-order valence-electron chi connectivity index (χ1n) is 7.29. The standard InChI is InChI=1S/C14H20F3N3O/c15-14(16,17)11-5-3-10(4-6-11)13(21)20-7-1-2-12-18-8-9-19-12/h8-11H,1-7H2,(H,18,19)(H,20,21). The number of carbonyl (C=O) groups is 1. The van der Waals surface area contributed by atoms with Gasteiger partial charge in [-0.25, -0.2) is 4.98 Å². The van der Waals surface area contributed by atoms with Gasteiger partial charge in [0.25, 0.3) is 0 Å². The summed E-state index contributed by atoms with van der Waals surface area (Å²) in [6.45, 7) is 0.527. The number of nitrogens with one attached hydrogen (secondary N) is 2. The van der Waals surface area contributed by atoms with Crippen molar-refractivity contribution in [1.29, 1.82) is 0 Å². The molecule has 2 rings (SSSR count). The van der Waals surface area contributed by atoms with E-state index in [2.05, 4.69) is 15.3 Å². The molecule has 1 aromatic heterocycles. The number of halogens is 3. The van der Waals surface area contributed by atoms with Gasteiger partial charge in [0, 0.05) is 31.3 Å². The zero-order chi connectivity index (χ0) is 15.3. The first kappa shape index (κ1) is 15.9. The zero-order valence-corrected chi connectivity index (χ0v) is 11.7. The second-order valence-corrected chi connectivity index (χ2v) is 5.52. The zero-order valence-electron chi connectivity index (χ0n) is 11.7. The Balaban J connectivity index is 1.63. The molecule has 0 atom stereocenters. The molecule has 1 amide bonds. The minimum atomic E-state index is -4.12. The fraction of sp³-hybridized carbons (Fsp3) is 0.714. The molecule has 0 saturated heterocycles. The minimum absolute atomic E-state index is 0.0635. The number of aromatic amines is 1. The third-order valence-corrected chi connectivity index (χ3v) is 4.01. The lowest BCUT2D eigenvalue weighted by Gasteiger charge is -2.29. The van der Waals surface area contributed by atoms with Crippen LogP contribution in [0.1, 0.15) is 37.9 Å². The number of aryl methyl sites for hydroxylation is 1. The van der Waals surface area contributed by atoms with Gasteiger partial charge in [0.15, 0.2) is 0 Å². The van der Waals surface area contributed by atoms with E-state index in [0.717, 1.165) is 18.7 Å². The lowest BCUT2D eigenvalue weighted by atomic mass is 9.81. The van der Waals surface area contributed by atoms with Crippen molar-refractivity contribution in [3.8, 4) is 0 Å². The smallest absolute Gasteiger partial charge is 0.356 e. The molecule has 0 bridgehead atoms. The summed E-state index contributed by atoms with van der Waals surface area (Å²) in [4.78, 5) is 19.0. The van der Waals surface area contributed by atoms with Crippen LogP contribution in [0.4, 0.5) is 13.2 Å². The van der Waals surface area contributed by atoms with Gasteiger partial charge in [0.05, 0.1) is 5.92 Å². The van der Waals surface area contributed by atoms with Gasteiger partial charge in [-0.1, -0.05) is 0 Å². The summed E-state index contributed by atoms with van der Waals surface area (Å²) < 4.78 is 37.6. The molecule has 0 spiro atoms. The molecule has 2 N–H and O–H groups in total. The summed E-state index contributed by atoms with van der Waals surface area (Å²) in [5.74, 6) is -0.752. The molecule has 1 aliphatic carbocycles. The van der Waals surface area contributed by atoms with E-state index in [0.29, 0.717) is 19.4 Å². The third kappa shape index (κ3) is 4.75. The molecule has 4 nitrogen and oxygen atoms in total. The van der Waals surface area contributed by atoms with Crippen molar-refractivity contribution in [2.45, 2.75) is 44.7 Å². The maximum absolute atomic E-state index is 12.5. The Morgan fingerprint density at radius 2 is 2.05 bits per heavy atom. The van der Waals surface area contributed by atoms with Gasteiger partial charge in [-0.05, 0) is 32.1 Å². The Bertz CT molecular complexity index is 437. The average Bonchev–Trinajstić information content (AvgIpc) is 2.96. The van der Waals surface area contributed by atoms with E-state index in [1.807, 2.05) is 0 Å². The van der Waals surface area contributed by atoms with Crippen molar-refractivity contribution in [3.63, 3.8) is 0 Å². The van der Waals surface area contributed by atoms with Crippen molar-refractivity contribution in [3.05, 3.63) is 18.2 Å². The largest absolute Gasteiger partial charge is 0.391 e. The highest BCUT2D eigenvalue weighted by Crippen LogP contribution is 2.39. The Kier molecular flexibility index (Phi) is 5.25. The summed E-state index contributed by atoms with van der Waals surface area (Å²) in [5.41, 5.74) is 0. The van der Waals surface area contributed by atoms with E-state index in [4.69, 9.17) is 0 Å². The highest BCUT2D eigenvalue weighted by Gasteiger charge is 2.42. The summed E-state index contributed by atoms with van der Waals surface area (Å²) in [7, 11) is 0. The maximum atomic E-state index is 12.5. The van der Waals surface area contributed by atoms with Crippen LogP contribution in [-0.4, -0.2) is 28.6 Å². The summed E-state index contributed by atoms with van der Waals surface area (Å²) in [6, 6.07) is 0. The molecule has 7 heteroatoms. The van der Waals surface area contributed by atoms with E-state index in [-0.39, 0.29) is 24.7 Å². The predicted octanol–water partition coefficient (Wildman–Crippen LogP) is 2.83. The minimum Gasteiger partial charge on any atom is -0.356 e. The molecule has 1 saturated carbocycles. The number of alkyl halides is 3. The van der Waals surface area contributed by atoms with Crippen LogP contribution in [0.15, 0.2) is 12.4 Å². The van der Waals surface area contributed by atoms with Gasteiger partial charge in [-0.3, -0.25) is 4.79 Å². The van der Waals surface area contributed by atoms with Gasteiger partial charge < -0.3 is 10.3 Å². The van der Waals surface area contributed by atoms with Gasteiger partial charge in [0.2, 0.25) is 5.91 Å². The second kappa shape index (κ2) is 6.95. The van der Waals surface area contributed by atoms with Crippen molar-refractivity contribution in [2.75, 3.05) is 6.54 Å². The topological polar surface area (TPSA) is 57.8 Å². The van der Waals surface area contributed by atoms with Crippen LogP contribution in [0.2, 0.25) is 0 Å². The van der Waals surface area contributed by atoms with E-state index < -0.39 is 12.1 Å². The Morgan fingerprint density at radius 3 is 2.62 bits per heavy atom. The van der Waals surface area contributed by atoms with Gasteiger partial charge >= 0.3 is 6.18 Å².